The van der Waals surface area contributed by atoms with Gasteiger partial charge in [-0.2, -0.15) is 0 Å². The highest BCUT2D eigenvalue weighted by Crippen LogP contribution is 2.23. The van der Waals surface area contributed by atoms with Crippen LogP contribution in [0.5, 0.6) is 5.75 Å². The quantitative estimate of drug-likeness (QED) is 0.586. The van der Waals surface area contributed by atoms with Crippen LogP contribution in [0, 0.1) is 5.92 Å². The first-order valence-corrected chi connectivity index (χ1v) is 12.0. The van der Waals surface area contributed by atoms with Gasteiger partial charge in [-0.25, -0.2) is 0 Å². The lowest BCUT2D eigenvalue weighted by Crippen LogP contribution is -2.40. The van der Waals surface area contributed by atoms with Gasteiger partial charge >= 0.3 is 0 Å². The number of thioether (sulfide) groups is 1. The molecule has 5 nitrogen and oxygen atoms in total. The van der Waals surface area contributed by atoms with E-state index >= 15 is 0 Å². The molecule has 0 saturated carbocycles. The number of nitrogens with zero attached hydrogens (tertiary/aromatic N) is 1. The van der Waals surface area contributed by atoms with Gasteiger partial charge in [0, 0.05) is 23.2 Å². The van der Waals surface area contributed by atoms with Crippen LogP contribution in [-0.2, 0) is 16.0 Å². The highest BCUT2D eigenvalue weighted by Gasteiger charge is 2.23. The van der Waals surface area contributed by atoms with Gasteiger partial charge in [-0.05, 0) is 61.1 Å². The van der Waals surface area contributed by atoms with Crippen LogP contribution in [0.2, 0.25) is 0 Å². The number of hydrogen-bond acceptors (Lipinski definition) is 4. The van der Waals surface area contributed by atoms with E-state index in [2.05, 4.69) is 33.4 Å². The Kier molecular flexibility index (Phi) is 8.63. The van der Waals surface area contributed by atoms with Gasteiger partial charge in [0.1, 0.15) is 5.75 Å². The van der Waals surface area contributed by atoms with E-state index in [0.717, 1.165) is 48.3 Å². The molecular formula is C23H27BrN2O3S. The zero-order chi connectivity index (χ0) is 21.3. The van der Waals surface area contributed by atoms with E-state index in [1.54, 1.807) is 7.11 Å². The van der Waals surface area contributed by atoms with Gasteiger partial charge in [0.2, 0.25) is 11.8 Å². The number of methoxy groups -OCH3 is 1. The summed E-state index contributed by atoms with van der Waals surface area (Å²) in [6.45, 7) is 1.59. The van der Waals surface area contributed by atoms with E-state index in [1.165, 1.54) is 17.3 Å². The molecule has 0 atom stereocenters. The zero-order valence-corrected chi connectivity index (χ0v) is 19.5. The molecule has 0 radical (unpaired) electrons. The maximum absolute atomic E-state index is 12.5. The second-order valence-electron chi connectivity index (χ2n) is 7.43. The van der Waals surface area contributed by atoms with Gasteiger partial charge in [-0.3, -0.25) is 9.59 Å². The van der Waals surface area contributed by atoms with E-state index in [-0.39, 0.29) is 17.6 Å². The van der Waals surface area contributed by atoms with Crippen LogP contribution >= 0.6 is 27.7 Å². The fourth-order valence-electron chi connectivity index (χ4n) is 3.57. The molecule has 30 heavy (non-hydrogen) atoms. The Balaban J connectivity index is 1.34. The van der Waals surface area contributed by atoms with E-state index in [0.29, 0.717) is 11.7 Å². The lowest BCUT2D eigenvalue weighted by Gasteiger charge is -2.32. The number of amides is 2. The third-order valence-corrected chi connectivity index (χ3v) is 6.63. The Morgan fingerprint density at radius 1 is 1.13 bits per heavy atom. The summed E-state index contributed by atoms with van der Waals surface area (Å²) in [5.74, 6) is 2.12. The van der Waals surface area contributed by atoms with Gasteiger partial charge in [0.15, 0.2) is 0 Å². The third-order valence-electron chi connectivity index (χ3n) is 5.22. The van der Waals surface area contributed by atoms with Gasteiger partial charge in [-0.15, -0.1) is 11.8 Å². The van der Waals surface area contributed by atoms with Crippen molar-refractivity contribution in [3.05, 3.63) is 58.6 Å². The van der Waals surface area contributed by atoms with Gasteiger partial charge in [-0.1, -0.05) is 34.1 Å². The van der Waals surface area contributed by atoms with Crippen molar-refractivity contribution in [3.63, 3.8) is 0 Å². The number of carbonyl (C=O) groups excluding carboxylic acids is 2. The summed E-state index contributed by atoms with van der Waals surface area (Å²) < 4.78 is 6.12. The molecule has 0 aromatic heterocycles. The second kappa shape index (κ2) is 11.4. The predicted molar refractivity (Wildman–Crippen MR) is 126 cm³/mol. The fourth-order valence-corrected chi connectivity index (χ4v) is 4.68. The predicted octanol–water partition coefficient (Wildman–Crippen LogP) is 4.61. The van der Waals surface area contributed by atoms with Gasteiger partial charge in [0.05, 0.1) is 18.6 Å². The number of nitrogens with one attached hydrogen (secondary N) is 1. The molecule has 1 heterocycles. The first kappa shape index (κ1) is 22.7. The van der Waals surface area contributed by atoms with Crippen LogP contribution in [0.25, 0.3) is 0 Å². The number of likely N-dealkylation sites (tertiary alicyclic amines) is 1. The lowest BCUT2D eigenvalue weighted by molar-refractivity contribution is -0.129. The number of hydrogen-bond donors (Lipinski definition) is 1. The van der Waals surface area contributed by atoms with Gasteiger partial charge in [0.25, 0.3) is 0 Å². The summed E-state index contributed by atoms with van der Waals surface area (Å²) in [5, 5.41) is 2.85. The zero-order valence-electron chi connectivity index (χ0n) is 17.1. The maximum atomic E-state index is 12.5. The molecule has 0 unspecified atom stereocenters. The van der Waals surface area contributed by atoms with Gasteiger partial charge < -0.3 is 15.0 Å². The van der Waals surface area contributed by atoms with Crippen LogP contribution in [-0.4, -0.2) is 48.4 Å². The topological polar surface area (TPSA) is 58.6 Å². The molecular weight excluding hydrogens is 464 g/mol. The van der Waals surface area contributed by atoms with Crippen LogP contribution in [0.15, 0.2) is 53.0 Å². The molecule has 160 valence electrons. The molecule has 2 aromatic rings. The first-order chi connectivity index (χ1) is 14.5. The van der Waals surface area contributed by atoms with Crippen molar-refractivity contribution in [1.29, 1.82) is 0 Å². The Bertz CT molecular complexity index is 852. The number of benzene rings is 2. The Hall–Kier alpha value is -1.99. The minimum absolute atomic E-state index is 0.0934. The maximum Gasteiger partial charge on any atom is 0.234 e. The number of anilines is 1. The monoisotopic (exact) mass is 490 g/mol. The summed E-state index contributed by atoms with van der Waals surface area (Å²) in [6, 6.07) is 15.7. The van der Waals surface area contributed by atoms with Crippen LogP contribution in [0.3, 0.4) is 0 Å². The normalized spacial score (nSPS) is 14.4. The molecule has 1 N–H and O–H groups in total. The number of halogens is 1. The smallest absolute Gasteiger partial charge is 0.234 e. The number of ether oxygens (including phenoxy) is 1. The Morgan fingerprint density at radius 3 is 2.53 bits per heavy atom. The van der Waals surface area contributed by atoms with E-state index in [4.69, 9.17) is 4.74 Å². The van der Waals surface area contributed by atoms with Crippen LogP contribution in [0.4, 0.5) is 5.69 Å². The van der Waals surface area contributed by atoms with Crippen molar-refractivity contribution in [2.45, 2.75) is 19.3 Å². The summed E-state index contributed by atoms with van der Waals surface area (Å²) in [4.78, 5) is 26.5. The van der Waals surface area contributed by atoms with Crippen molar-refractivity contribution in [3.8, 4) is 5.75 Å². The lowest BCUT2D eigenvalue weighted by atomic mass is 9.90. The number of piperidine rings is 1. The molecule has 3 rings (SSSR count). The summed E-state index contributed by atoms with van der Waals surface area (Å²) in [5.41, 5.74) is 2.06. The molecule has 0 bridgehead atoms. The molecule has 1 saturated heterocycles. The third kappa shape index (κ3) is 7.06. The summed E-state index contributed by atoms with van der Waals surface area (Å²) in [7, 11) is 1.68. The number of rotatable bonds is 8. The molecule has 0 spiro atoms. The SMILES string of the molecule is COc1ccc(CC2CCN(C(=O)CSCC(=O)Nc3cccc(Br)c3)CC2)cc1. The minimum atomic E-state index is -0.0934. The molecule has 2 aromatic carbocycles. The van der Waals surface area contributed by atoms with E-state index < -0.39 is 0 Å². The largest absolute Gasteiger partial charge is 0.497 e. The standard InChI is InChI=1S/C23H27BrN2O3S/c1-29-21-7-5-17(6-8-21)13-18-9-11-26(12-10-18)23(28)16-30-15-22(27)25-20-4-2-3-19(24)14-20/h2-8,14,18H,9-13,15-16H2,1H3,(H,25,27). The van der Waals surface area contributed by atoms with E-state index in [1.807, 2.05) is 41.3 Å². The highest BCUT2D eigenvalue weighted by molar-refractivity contribution is 9.10. The van der Waals surface area contributed by atoms with Crippen LogP contribution in [0.1, 0.15) is 18.4 Å². The van der Waals surface area contributed by atoms with Crippen molar-refractivity contribution in [2.24, 2.45) is 5.92 Å². The number of carbonyl (C=O) groups is 2. The summed E-state index contributed by atoms with van der Waals surface area (Å²) in [6.07, 6.45) is 3.08. The van der Waals surface area contributed by atoms with Crippen LogP contribution < -0.4 is 10.1 Å². The molecule has 1 fully saturated rings. The Morgan fingerprint density at radius 2 is 1.87 bits per heavy atom. The second-order valence-corrected chi connectivity index (χ2v) is 9.33. The fraction of sp³-hybridized carbons (Fsp3) is 0.391. The molecule has 7 heteroatoms. The summed E-state index contributed by atoms with van der Waals surface area (Å²) >= 11 is 4.75. The average molecular weight is 491 g/mol. The minimum Gasteiger partial charge on any atom is -0.497 e. The average Bonchev–Trinajstić information content (AvgIpc) is 2.75. The van der Waals surface area contributed by atoms with Crippen molar-refractivity contribution >= 4 is 45.2 Å². The van der Waals surface area contributed by atoms with Crippen molar-refractivity contribution in [1.82, 2.24) is 4.90 Å². The Labute approximate surface area is 190 Å². The van der Waals surface area contributed by atoms with E-state index in [9.17, 15) is 9.59 Å². The molecule has 1 aliphatic heterocycles. The molecule has 0 aliphatic carbocycles. The highest BCUT2D eigenvalue weighted by atomic mass is 79.9. The van der Waals surface area contributed by atoms with Crippen molar-refractivity contribution in [2.75, 3.05) is 37.0 Å². The van der Waals surface area contributed by atoms with Crippen molar-refractivity contribution < 1.29 is 14.3 Å². The molecule has 2 amide bonds. The molecule has 1 aliphatic rings. The first-order valence-electron chi connectivity index (χ1n) is 10.1.